The molecular formula is C38H37N4O6. The average molecular weight is 648 g/mol. The van der Waals surface area contributed by atoms with Crippen molar-refractivity contribution in [1.29, 1.82) is 2.86 Å². The van der Waals surface area contributed by atoms with Crippen LogP contribution in [0.25, 0.3) is 0 Å². The Balaban J connectivity index is 1.32. The van der Waals surface area contributed by atoms with Gasteiger partial charge in [0.05, 0.1) is 22.7 Å². The molecule has 0 aliphatic carbocycles. The quantitative estimate of drug-likeness (QED) is 0.0618. The number of phenols is 4. The third kappa shape index (κ3) is 6.54. The lowest BCUT2D eigenvalue weighted by Crippen LogP contribution is -2.20. The number of nitrogens with one attached hydrogen (secondary N) is 3. The monoisotopic (exact) mass is 647 g/mol. The number of aromatic hydroxyl groups is 4. The fourth-order valence-electron chi connectivity index (χ4n) is 5.40. The summed E-state index contributed by atoms with van der Waals surface area (Å²) in [5.74, 6) is -0.907. The Kier molecular flexibility index (Phi) is 7.98. The lowest BCUT2D eigenvalue weighted by atomic mass is 9.77. The Bertz CT molecular complexity index is 2080. The molecule has 0 fully saturated rings. The van der Waals surface area contributed by atoms with Crippen LogP contribution in [0.15, 0.2) is 97.1 Å². The van der Waals surface area contributed by atoms with Crippen molar-refractivity contribution in [3.05, 3.63) is 130 Å². The summed E-state index contributed by atoms with van der Waals surface area (Å²) >= 11 is 0. The second-order valence-corrected chi connectivity index (χ2v) is 12.7. The zero-order valence-electron chi connectivity index (χ0n) is 28.8. The van der Waals surface area contributed by atoms with Crippen LogP contribution in [0.3, 0.4) is 0 Å². The molecule has 5 rings (SSSR count). The highest BCUT2D eigenvalue weighted by Gasteiger charge is 2.27. The molecule has 10 nitrogen and oxygen atoms in total. The fourth-order valence-corrected chi connectivity index (χ4v) is 5.40. The van der Waals surface area contributed by atoms with E-state index in [1.165, 1.54) is 36.4 Å². The maximum atomic E-state index is 13.3. The van der Waals surface area contributed by atoms with Crippen molar-refractivity contribution in [2.24, 2.45) is 0 Å². The van der Waals surface area contributed by atoms with E-state index in [0.29, 0.717) is 5.69 Å². The number of nitrogen functional groups attached to an aromatic ring is 1. The number of anilines is 3. The highest BCUT2D eigenvalue weighted by molar-refractivity contribution is 6.08. The highest BCUT2D eigenvalue weighted by atomic mass is 16.3. The summed E-state index contributed by atoms with van der Waals surface area (Å²) in [4.78, 5) is 26.5. The molecule has 0 aliphatic rings. The number of nitrogens with two attached hydrogens (primary N) is 1. The lowest BCUT2D eigenvalue weighted by Gasteiger charge is -2.27. The molecule has 2 amide bonds. The summed E-state index contributed by atoms with van der Waals surface area (Å²) in [6.45, 7) is 7.80. The first kappa shape index (κ1) is 30.5. The minimum Gasteiger partial charge on any atom is -0.506 e. The van der Waals surface area contributed by atoms with Crippen molar-refractivity contribution < 1.29 is 30.0 Å². The normalized spacial score (nSPS) is 12.0. The molecule has 48 heavy (non-hydrogen) atoms. The van der Waals surface area contributed by atoms with Crippen molar-refractivity contribution >= 4 is 34.6 Å². The third-order valence-corrected chi connectivity index (χ3v) is 8.77. The molecule has 0 heterocycles. The van der Waals surface area contributed by atoms with E-state index in [-0.39, 0.29) is 51.2 Å². The topological polar surface area (TPSA) is 189 Å². The van der Waals surface area contributed by atoms with Gasteiger partial charge < -0.3 is 36.8 Å². The maximum Gasteiger partial charge on any atom is 0.293 e. The van der Waals surface area contributed by atoms with Gasteiger partial charge >= 0.3 is 0 Å². The van der Waals surface area contributed by atoms with Crippen LogP contribution in [-0.4, -0.2) is 35.1 Å². The summed E-state index contributed by atoms with van der Waals surface area (Å²) in [5.41, 5.74) is 17.2. The van der Waals surface area contributed by atoms with Gasteiger partial charge in [0.15, 0.2) is 0 Å². The van der Waals surface area contributed by atoms with Crippen molar-refractivity contribution in [2.45, 2.75) is 38.5 Å². The highest BCUT2D eigenvalue weighted by Crippen LogP contribution is 2.39. The number of rotatable bonds is 10. The van der Waals surface area contributed by atoms with Crippen LogP contribution in [0.4, 0.5) is 22.7 Å². The van der Waals surface area contributed by atoms with Gasteiger partial charge in [-0.15, -0.1) is 0 Å². The van der Waals surface area contributed by atoms with Gasteiger partial charge in [0, 0.05) is 22.0 Å². The standard InChI is InChI=1S/C38H37N4O6/c1-37(2,23-9-13-31(43)27(39)17-23)25-11-15-33(45)29(19-25)41-35(47)21-5-7-22(8-6-21)36(48)42-30-20-26(12-16-34(30)46)38(3,4)24-10-14-32(44)28(40)18-24/h5-20,39,43-46H,40H2,1-4H3,(H,41,47)(H,42,48)/i/hD2. The molecule has 245 valence electrons. The van der Waals surface area contributed by atoms with Crippen LogP contribution >= 0.6 is 0 Å². The largest absolute Gasteiger partial charge is 0.506 e. The SMILES string of the molecule is [2H]Oc1ccc(C(C)(C)c2ccc(O)c(NC(=O)c3ccc(C(=O)Nc4cc(C(C)(C)c5ccc(O)c([NH])c5)ccc4O[2H])cc3)c2)cc1N. The Morgan fingerprint density at radius 2 is 1.00 bits per heavy atom. The van der Waals surface area contributed by atoms with E-state index in [9.17, 15) is 19.8 Å². The Morgan fingerprint density at radius 1 is 0.604 bits per heavy atom. The minimum atomic E-state index is -0.625. The second-order valence-electron chi connectivity index (χ2n) is 12.7. The van der Waals surface area contributed by atoms with Crippen LogP contribution in [0, 0.1) is 0 Å². The zero-order valence-corrected chi connectivity index (χ0v) is 26.8. The lowest BCUT2D eigenvalue weighted by molar-refractivity contribution is 0.101. The van der Waals surface area contributed by atoms with E-state index >= 15 is 0 Å². The van der Waals surface area contributed by atoms with E-state index in [4.69, 9.17) is 19.4 Å². The van der Waals surface area contributed by atoms with Gasteiger partial charge in [0.2, 0.25) is 0 Å². The first-order chi connectivity index (χ1) is 23.6. The second kappa shape index (κ2) is 12.6. The van der Waals surface area contributed by atoms with Gasteiger partial charge in [-0.1, -0.05) is 52.0 Å². The summed E-state index contributed by atoms with van der Waals surface area (Å²) in [6.07, 6.45) is 0. The average Bonchev–Trinajstić information content (AvgIpc) is 3.10. The van der Waals surface area contributed by atoms with E-state index < -0.39 is 22.6 Å². The number of amides is 2. The Labute approximate surface area is 281 Å². The number of carbonyl (C=O) groups is 2. The molecule has 0 spiro atoms. The number of carbonyl (C=O) groups excluding carboxylic acids is 2. The van der Waals surface area contributed by atoms with Gasteiger partial charge in [-0.25, -0.2) is 0 Å². The molecule has 10 heteroatoms. The maximum absolute atomic E-state index is 13.3. The first-order valence-corrected chi connectivity index (χ1v) is 15.1. The third-order valence-electron chi connectivity index (χ3n) is 8.77. The molecule has 0 aliphatic heterocycles. The van der Waals surface area contributed by atoms with E-state index in [1.807, 2.05) is 27.7 Å². The van der Waals surface area contributed by atoms with Crippen molar-refractivity contribution in [3.8, 4) is 23.0 Å². The van der Waals surface area contributed by atoms with Gasteiger partial charge in [0.1, 0.15) is 23.0 Å². The van der Waals surface area contributed by atoms with Gasteiger partial charge in [0.25, 0.3) is 14.7 Å². The van der Waals surface area contributed by atoms with E-state index in [0.717, 1.165) is 22.3 Å². The molecule has 5 aromatic carbocycles. The van der Waals surface area contributed by atoms with E-state index in [1.54, 1.807) is 60.7 Å². The van der Waals surface area contributed by atoms with Crippen LogP contribution in [0.5, 0.6) is 23.0 Å². The minimum absolute atomic E-state index is 0.00729. The van der Waals surface area contributed by atoms with Crippen molar-refractivity contribution in [2.75, 3.05) is 16.4 Å². The van der Waals surface area contributed by atoms with Gasteiger partial charge in [-0.05, 0) is 95.1 Å². The molecular weight excluding hydrogens is 608 g/mol. The Morgan fingerprint density at radius 3 is 1.46 bits per heavy atom. The molecule has 0 saturated carbocycles. The fraction of sp³-hybridized carbons (Fsp3) is 0.158. The molecule has 5 aromatic rings. The Hall–Kier alpha value is -6.16. The number of phenolic OH excluding ortho intramolecular Hbond substituents is 4. The van der Waals surface area contributed by atoms with E-state index in [2.05, 4.69) is 15.7 Å². The molecule has 0 unspecified atom stereocenters. The number of hydrogen-bond donors (Lipinski definition) is 7. The predicted molar refractivity (Wildman–Crippen MR) is 186 cm³/mol. The summed E-state index contributed by atoms with van der Waals surface area (Å²) < 4.78 is 14.6. The number of benzene rings is 5. The van der Waals surface area contributed by atoms with Gasteiger partial charge in [-0.2, -0.15) is 0 Å². The molecule has 0 atom stereocenters. The van der Waals surface area contributed by atoms with Crippen molar-refractivity contribution in [1.82, 2.24) is 5.73 Å². The van der Waals surface area contributed by atoms with Gasteiger partial charge in [-0.3, -0.25) is 15.3 Å². The molecule has 0 saturated heterocycles. The molecule has 9 N–H and O–H groups in total. The van der Waals surface area contributed by atoms with Crippen LogP contribution in [0.1, 0.15) is 70.7 Å². The van der Waals surface area contributed by atoms with Crippen LogP contribution < -0.4 is 22.1 Å². The predicted octanol–water partition coefficient (Wildman–Crippen LogP) is 7.16. The smallest absolute Gasteiger partial charge is 0.293 e. The van der Waals surface area contributed by atoms with Crippen LogP contribution in [0.2, 0.25) is 0 Å². The zero-order chi connectivity index (χ0) is 36.4. The summed E-state index contributed by atoms with van der Waals surface area (Å²) in [5, 5.41) is 35.2. The summed E-state index contributed by atoms with van der Waals surface area (Å²) in [7, 11) is 0. The van der Waals surface area contributed by atoms with Crippen LogP contribution in [-0.2, 0) is 10.8 Å². The molecule has 0 bridgehead atoms. The first-order valence-electron chi connectivity index (χ1n) is 15.9. The van der Waals surface area contributed by atoms with Crippen molar-refractivity contribution in [3.63, 3.8) is 0 Å². The summed E-state index contributed by atoms with van der Waals surface area (Å²) in [6, 6.07) is 25.8. The molecule has 0 aromatic heterocycles. The number of hydrogen-bond acceptors (Lipinski definition) is 7. The molecule has 1 radical (unpaired) electrons.